The van der Waals surface area contributed by atoms with Gasteiger partial charge >= 0.3 is 0 Å². The minimum absolute atomic E-state index is 0.972. The molecule has 0 radical (unpaired) electrons. The van der Waals surface area contributed by atoms with Crippen LogP contribution in [-0.4, -0.2) is 9.55 Å². The second-order valence-electron chi connectivity index (χ2n) is 5.85. The molecule has 0 bridgehead atoms. The number of nitrogens with zero attached hydrogens (tertiary/aromatic N) is 2. The fraction of sp³-hybridized carbons (Fsp3) is 0.471. The number of aryl methyl sites for hydroxylation is 4. The summed E-state index contributed by atoms with van der Waals surface area (Å²) in [7, 11) is 0. The SMILES string of the molecule is Cc1cc(C)c(Cn2cnc3c2CCCC3)c(C)c1. The van der Waals surface area contributed by atoms with Gasteiger partial charge in [0.25, 0.3) is 0 Å². The van der Waals surface area contributed by atoms with E-state index >= 15 is 0 Å². The van der Waals surface area contributed by atoms with Crippen molar-refractivity contribution in [3.63, 3.8) is 0 Å². The molecule has 0 amide bonds. The lowest BCUT2D eigenvalue weighted by atomic mass is 9.98. The predicted octanol–water partition coefficient (Wildman–Crippen LogP) is 3.74. The van der Waals surface area contributed by atoms with Crippen LogP contribution in [0.15, 0.2) is 18.5 Å². The molecule has 3 rings (SSSR count). The summed E-state index contributed by atoms with van der Waals surface area (Å²) in [6.45, 7) is 7.58. The van der Waals surface area contributed by atoms with E-state index < -0.39 is 0 Å². The largest absolute Gasteiger partial charge is 0.330 e. The number of fused-ring (bicyclic) bond motifs is 1. The normalized spacial score (nSPS) is 14.5. The molecule has 1 aliphatic rings. The molecule has 2 nitrogen and oxygen atoms in total. The molecule has 100 valence electrons. The van der Waals surface area contributed by atoms with Gasteiger partial charge in [-0.1, -0.05) is 17.7 Å². The van der Waals surface area contributed by atoms with E-state index in [9.17, 15) is 0 Å². The fourth-order valence-electron chi connectivity index (χ4n) is 3.30. The first-order valence-electron chi connectivity index (χ1n) is 7.25. The Balaban J connectivity index is 1.96. The quantitative estimate of drug-likeness (QED) is 0.798. The monoisotopic (exact) mass is 254 g/mol. The first kappa shape index (κ1) is 12.5. The molecular formula is C17H22N2. The van der Waals surface area contributed by atoms with Gasteiger partial charge in [0, 0.05) is 12.2 Å². The van der Waals surface area contributed by atoms with E-state index in [1.807, 2.05) is 6.33 Å². The Morgan fingerprint density at radius 3 is 2.47 bits per heavy atom. The molecule has 0 unspecified atom stereocenters. The van der Waals surface area contributed by atoms with Crippen LogP contribution < -0.4 is 0 Å². The summed E-state index contributed by atoms with van der Waals surface area (Å²) in [6.07, 6.45) is 7.00. The van der Waals surface area contributed by atoms with Crippen LogP contribution in [0.5, 0.6) is 0 Å². The molecule has 0 saturated heterocycles. The van der Waals surface area contributed by atoms with E-state index in [0.29, 0.717) is 0 Å². The van der Waals surface area contributed by atoms with Gasteiger partial charge in [0.1, 0.15) is 0 Å². The highest BCUT2D eigenvalue weighted by Crippen LogP contribution is 2.23. The van der Waals surface area contributed by atoms with Crippen LogP contribution >= 0.6 is 0 Å². The minimum Gasteiger partial charge on any atom is -0.330 e. The highest BCUT2D eigenvalue weighted by molar-refractivity contribution is 5.38. The second-order valence-corrected chi connectivity index (χ2v) is 5.85. The molecular weight excluding hydrogens is 232 g/mol. The van der Waals surface area contributed by atoms with Crippen molar-refractivity contribution in [1.29, 1.82) is 0 Å². The summed E-state index contributed by atoms with van der Waals surface area (Å²) in [5.41, 5.74) is 8.40. The zero-order valence-corrected chi connectivity index (χ0v) is 12.2. The summed E-state index contributed by atoms with van der Waals surface area (Å²) in [6, 6.07) is 4.57. The van der Waals surface area contributed by atoms with Gasteiger partial charge in [0.15, 0.2) is 0 Å². The molecule has 1 aromatic heterocycles. The Hall–Kier alpha value is -1.57. The Morgan fingerprint density at radius 2 is 1.74 bits per heavy atom. The molecule has 19 heavy (non-hydrogen) atoms. The van der Waals surface area contributed by atoms with Crippen LogP contribution in [0.25, 0.3) is 0 Å². The van der Waals surface area contributed by atoms with Crippen molar-refractivity contribution < 1.29 is 0 Å². The predicted molar refractivity (Wildman–Crippen MR) is 78.6 cm³/mol. The standard InChI is InChI=1S/C17H22N2/c1-12-8-13(2)15(14(3)9-12)10-19-11-18-16-6-4-5-7-17(16)19/h8-9,11H,4-7,10H2,1-3H3. The summed E-state index contributed by atoms with van der Waals surface area (Å²) in [5, 5.41) is 0. The second kappa shape index (κ2) is 4.84. The molecule has 1 aromatic carbocycles. The highest BCUT2D eigenvalue weighted by atomic mass is 15.1. The van der Waals surface area contributed by atoms with Gasteiger partial charge in [0.05, 0.1) is 12.0 Å². The third-order valence-electron chi connectivity index (χ3n) is 4.28. The van der Waals surface area contributed by atoms with Gasteiger partial charge in [0.2, 0.25) is 0 Å². The van der Waals surface area contributed by atoms with E-state index in [4.69, 9.17) is 0 Å². The Morgan fingerprint density at radius 1 is 1.05 bits per heavy atom. The van der Waals surface area contributed by atoms with Crippen molar-refractivity contribution in [2.24, 2.45) is 0 Å². The number of aromatic nitrogens is 2. The maximum Gasteiger partial charge on any atom is 0.0954 e. The van der Waals surface area contributed by atoms with Crippen LogP contribution in [0.2, 0.25) is 0 Å². The average molecular weight is 254 g/mol. The lowest BCUT2D eigenvalue weighted by Gasteiger charge is -2.17. The van der Waals surface area contributed by atoms with Crippen molar-refractivity contribution in [1.82, 2.24) is 9.55 Å². The van der Waals surface area contributed by atoms with Gasteiger partial charge in [-0.15, -0.1) is 0 Å². The van der Waals surface area contributed by atoms with Crippen LogP contribution in [0.3, 0.4) is 0 Å². The number of imidazole rings is 1. The summed E-state index contributed by atoms with van der Waals surface area (Å²) in [4.78, 5) is 4.59. The van der Waals surface area contributed by atoms with Crippen LogP contribution in [0.4, 0.5) is 0 Å². The number of benzene rings is 1. The Kier molecular flexibility index (Phi) is 3.17. The molecule has 0 fully saturated rings. The van der Waals surface area contributed by atoms with Gasteiger partial charge in [-0.2, -0.15) is 0 Å². The summed E-state index contributed by atoms with van der Waals surface area (Å²) >= 11 is 0. The topological polar surface area (TPSA) is 17.8 Å². The van der Waals surface area contributed by atoms with Crippen LogP contribution in [-0.2, 0) is 19.4 Å². The lowest BCUT2D eigenvalue weighted by molar-refractivity contribution is 0.627. The third kappa shape index (κ3) is 2.32. The van der Waals surface area contributed by atoms with Crippen molar-refractivity contribution in [2.45, 2.75) is 53.0 Å². The molecule has 0 saturated carbocycles. The maximum atomic E-state index is 4.59. The van der Waals surface area contributed by atoms with E-state index in [-0.39, 0.29) is 0 Å². The summed E-state index contributed by atoms with van der Waals surface area (Å²) in [5.74, 6) is 0. The molecule has 0 atom stereocenters. The van der Waals surface area contributed by atoms with Gasteiger partial charge in [-0.3, -0.25) is 0 Å². The smallest absolute Gasteiger partial charge is 0.0954 e. The zero-order chi connectivity index (χ0) is 13.4. The Bertz CT molecular complexity index is 585. The molecule has 0 N–H and O–H groups in total. The molecule has 0 aliphatic heterocycles. The zero-order valence-electron chi connectivity index (χ0n) is 12.2. The number of hydrogen-bond acceptors (Lipinski definition) is 1. The van der Waals surface area contributed by atoms with Crippen molar-refractivity contribution in [3.05, 3.63) is 52.1 Å². The third-order valence-corrected chi connectivity index (χ3v) is 4.28. The van der Waals surface area contributed by atoms with Crippen LogP contribution in [0.1, 0.15) is 46.5 Å². The first-order valence-corrected chi connectivity index (χ1v) is 7.25. The fourth-order valence-corrected chi connectivity index (χ4v) is 3.30. The average Bonchev–Trinajstić information content (AvgIpc) is 2.77. The van der Waals surface area contributed by atoms with E-state index in [1.54, 1.807) is 0 Å². The van der Waals surface area contributed by atoms with E-state index in [0.717, 1.165) is 13.0 Å². The molecule has 1 aliphatic carbocycles. The minimum atomic E-state index is 0.972. The van der Waals surface area contributed by atoms with E-state index in [2.05, 4.69) is 42.5 Å². The number of hydrogen-bond donors (Lipinski definition) is 0. The number of rotatable bonds is 2. The Labute approximate surface area is 115 Å². The van der Waals surface area contributed by atoms with Gasteiger partial charge in [-0.05, 0) is 63.1 Å². The highest BCUT2D eigenvalue weighted by Gasteiger charge is 2.16. The lowest BCUT2D eigenvalue weighted by Crippen LogP contribution is -2.10. The molecule has 1 heterocycles. The van der Waals surface area contributed by atoms with Gasteiger partial charge in [-0.25, -0.2) is 4.98 Å². The van der Waals surface area contributed by atoms with Crippen molar-refractivity contribution in [2.75, 3.05) is 0 Å². The first-order chi connectivity index (χ1) is 9.15. The van der Waals surface area contributed by atoms with Crippen molar-refractivity contribution >= 4 is 0 Å². The molecule has 0 spiro atoms. The molecule has 2 aromatic rings. The molecule has 2 heteroatoms. The summed E-state index contributed by atoms with van der Waals surface area (Å²) < 4.78 is 2.36. The van der Waals surface area contributed by atoms with Gasteiger partial charge < -0.3 is 4.57 Å². The van der Waals surface area contributed by atoms with Crippen molar-refractivity contribution in [3.8, 4) is 0 Å². The van der Waals surface area contributed by atoms with E-state index in [1.165, 1.54) is 52.9 Å². The maximum absolute atomic E-state index is 4.59. The van der Waals surface area contributed by atoms with Crippen LogP contribution in [0, 0.1) is 20.8 Å².